The van der Waals surface area contributed by atoms with Gasteiger partial charge in [-0.15, -0.1) is 0 Å². The number of rotatable bonds is 10. The first-order chi connectivity index (χ1) is 31.2. The van der Waals surface area contributed by atoms with Crippen molar-refractivity contribution in [2.24, 2.45) is 22.7 Å². The molecule has 2 N–H and O–H groups in total. The largest absolute Gasteiger partial charge is 0.482 e. The number of hydrogen-bond donors (Lipinski definition) is 2. The van der Waals surface area contributed by atoms with Crippen LogP contribution < -0.4 is 14.2 Å². The maximum absolute atomic E-state index is 15.6. The molecular weight excluding hydrogens is 849 g/mol. The smallest absolute Gasteiger partial charge is 0.333 e. The number of allylic oxidation sites excluding steroid dienone is 4. The van der Waals surface area contributed by atoms with E-state index < -0.39 is 82.7 Å². The van der Waals surface area contributed by atoms with Crippen LogP contribution in [0.5, 0.6) is 17.2 Å². The standard InChI is InChI=1S/C50H62N4O12/c1-24(2)13-12-18-48(10)19-17-28-38(64-48)27(15-14-25(3)4)40-32(39(28)62-44-37(56)36(55)41-30(61-44)22-60-47(8,9)63-41)34-33-35(54-45(53-34)51-23-52-54)29-21-31-46(6,7)66-49(42(29)57,50(31,33)65-40)20-16-26(5)43(58)59-11/h13-14,16-17,19,23,29-31,33,35-37,41,44,55-56H,12,15,18,20-22H2,1-11H3/t29?,30-,31?,33?,35?,36-,37-,41-,44+,48?,49?,50?/m0/s1. The van der Waals surface area contributed by atoms with Crippen molar-refractivity contribution < 1.29 is 57.7 Å². The van der Waals surface area contributed by atoms with Crippen LogP contribution in [0, 0.1) is 17.8 Å². The Morgan fingerprint density at radius 3 is 2.48 bits per heavy atom. The number of carbonyl (C=O) groups is 2. The van der Waals surface area contributed by atoms with Crippen LogP contribution in [0.2, 0.25) is 0 Å². The van der Waals surface area contributed by atoms with Gasteiger partial charge in [0.05, 0.1) is 48.1 Å². The zero-order valence-electron chi connectivity index (χ0n) is 39.7. The predicted octanol–water partition coefficient (Wildman–Crippen LogP) is 6.37. The van der Waals surface area contributed by atoms with E-state index in [4.69, 9.17) is 42.9 Å². The van der Waals surface area contributed by atoms with Gasteiger partial charge < -0.3 is 48.1 Å². The molecule has 3 saturated carbocycles. The molecular formula is C50H62N4O12. The molecule has 12 atom stereocenters. The molecule has 0 radical (unpaired) electrons. The van der Waals surface area contributed by atoms with Gasteiger partial charge in [-0.05, 0) is 107 Å². The highest BCUT2D eigenvalue weighted by atomic mass is 16.8. The molecule has 7 unspecified atom stereocenters. The fourth-order valence-electron chi connectivity index (χ4n) is 12.2. The summed E-state index contributed by atoms with van der Waals surface area (Å²) in [6.07, 6.45) is 7.74. The van der Waals surface area contributed by atoms with Gasteiger partial charge in [0.2, 0.25) is 12.2 Å². The van der Waals surface area contributed by atoms with Crippen molar-refractivity contribution >= 4 is 29.5 Å². The van der Waals surface area contributed by atoms with Gasteiger partial charge in [0.25, 0.3) is 0 Å². The van der Waals surface area contributed by atoms with E-state index in [-0.39, 0.29) is 30.5 Å². The first kappa shape index (κ1) is 45.1. The molecule has 1 spiro atoms. The van der Waals surface area contributed by atoms with Crippen molar-refractivity contribution in [3.63, 3.8) is 0 Å². The SMILES string of the molecule is COC(=O)C(C)=CCC12OC(C)(C)C3CC(C1=O)C1C4C(=Nc5ncnn51)c1c(O[C@H]5O[C@H]6COC(C)(C)O[C@@H]6[C@@H](O)[C@@H]5O)c5c(c(CC=C(C)C)c1OC432)OC(C)(CCC=C(C)C)C=C5. The number of aliphatic hydroxyl groups is 2. The monoisotopic (exact) mass is 910 g/mol. The number of aliphatic imine (C=N–C) groups is 1. The van der Waals surface area contributed by atoms with Crippen molar-refractivity contribution in [1.82, 2.24) is 14.8 Å². The van der Waals surface area contributed by atoms with Crippen molar-refractivity contribution in [1.29, 1.82) is 0 Å². The van der Waals surface area contributed by atoms with Crippen molar-refractivity contribution in [2.45, 2.75) is 166 Å². The third-order valence-corrected chi connectivity index (χ3v) is 15.2. The lowest BCUT2D eigenvalue weighted by Crippen LogP contribution is -2.79. The quantitative estimate of drug-likeness (QED) is 0.152. The minimum absolute atomic E-state index is 0.0298. The molecule has 9 aliphatic rings. The summed E-state index contributed by atoms with van der Waals surface area (Å²) in [5.41, 5.74) is 0.292. The van der Waals surface area contributed by atoms with Crippen LogP contribution in [0.4, 0.5) is 5.95 Å². The molecule has 6 fully saturated rings. The number of Topliss-reactive ketones (excluding diaryl/α,β-unsaturated/α-hetero) is 1. The highest BCUT2D eigenvalue weighted by molar-refractivity contribution is 6.14. The van der Waals surface area contributed by atoms with E-state index in [0.717, 1.165) is 12.0 Å². The second-order valence-corrected chi connectivity index (χ2v) is 21.0. The van der Waals surface area contributed by atoms with Gasteiger partial charge in [-0.3, -0.25) is 4.79 Å². The molecule has 7 heterocycles. The number of carbonyl (C=O) groups excluding carboxylic acids is 2. The van der Waals surface area contributed by atoms with Crippen LogP contribution in [-0.4, -0.2) is 115 Å². The summed E-state index contributed by atoms with van der Waals surface area (Å²) in [7, 11) is 1.33. The molecule has 1 aromatic heterocycles. The summed E-state index contributed by atoms with van der Waals surface area (Å²) in [4.78, 5) is 38.5. The molecule has 3 saturated heterocycles. The molecule has 0 amide bonds. The molecule has 2 aromatic rings. The Balaban J connectivity index is 1.24. The Morgan fingerprint density at radius 2 is 1.76 bits per heavy atom. The Kier molecular flexibility index (Phi) is 10.5. The average molecular weight is 911 g/mol. The first-order valence-corrected chi connectivity index (χ1v) is 23.2. The van der Waals surface area contributed by atoms with Crippen LogP contribution in [0.25, 0.3) is 6.08 Å². The van der Waals surface area contributed by atoms with Crippen molar-refractivity contribution in [3.8, 4) is 17.2 Å². The molecule has 16 heteroatoms. The zero-order chi connectivity index (χ0) is 47.0. The lowest BCUT2D eigenvalue weighted by Gasteiger charge is -2.64. The van der Waals surface area contributed by atoms with Crippen LogP contribution in [0.1, 0.15) is 118 Å². The van der Waals surface area contributed by atoms with Gasteiger partial charge >= 0.3 is 5.97 Å². The van der Waals surface area contributed by atoms with E-state index in [1.54, 1.807) is 31.5 Å². The number of nitrogens with zero attached hydrogens (tertiary/aromatic N) is 4. The third-order valence-electron chi connectivity index (χ3n) is 15.2. The number of benzene rings is 1. The fraction of sp³-hybridized carbons (Fsp3) is 0.620. The van der Waals surface area contributed by atoms with Crippen LogP contribution in [0.15, 0.2) is 52.3 Å². The second-order valence-electron chi connectivity index (χ2n) is 21.0. The van der Waals surface area contributed by atoms with Gasteiger partial charge in [0.15, 0.2) is 22.8 Å². The van der Waals surface area contributed by atoms with E-state index in [1.165, 1.54) is 19.0 Å². The number of esters is 1. The van der Waals surface area contributed by atoms with Crippen LogP contribution >= 0.6 is 0 Å². The topological polar surface area (TPSA) is 192 Å². The number of aliphatic hydroxyl groups excluding tert-OH is 2. The maximum Gasteiger partial charge on any atom is 0.333 e. The van der Waals surface area contributed by atoms with Gasteiger partial charge in [0, 0.05) is 29.4 Å². The number of ether oxygens (including phenoxy) is 8. The molecule has 16 nitrogen and oxygen atoms in total. The highest BCUT2D eigenvalue weighted by Gasteiger charge is 2.86. The summed E-state index contributed by atoms with van der Waals surface area (Å²) in [5, 5.41) is 28.2. The Bertz CT molecular complexity index is 2540. The zero-order valence-corrected chi connectivity index (χ0v) is 39.7. The predicted molar refractivity (Wildman–Crippen MR) is 240 cm³/mol. The van der Waals surface area contributed by atoms with Crippen molar-refractivity contribution in [3.05, 3.63) is 64.0 Å². The van der Waals surface area contributed by atoms with Gasteiger partial charge in [-0.25, -0.2) is 14.5 Å². The minimum Gasteiger partial charge on any atom is -0.482 e. The fourth-order valence-corrected chi connectivity index (χ4v) is 12.2. The van der Waals surface area contributed by atoms with E-state index in [0.29, 0.717) is 64.7 Å². The van der Waals surface area contributed by atoms with E-state index in [1.807, 2.05) is 46.8 Å². The van der Waals surface area contributed by atoms with Crippen molar-refractivity contribution in [2.75, 3.05) is 13.7 Å². The summed E-state index contributed by atoms with van der Waals surface area (Å²) in [6.45, 7) is 19.5. The number of fused-ring (bicyclic) bond motifs is 5. The number of methoxy groups -OCH3 is 1. The Labute approximate surface area is 385 Å². The summed E-state index contributed by atoms with van der Waals surface area (Å²) < 4.78 is 54.7. The van der Waals surface area contributed by atoms with E-state index in [2.05, 4.69) is 36.1 Å². The molecule has 6 aliphatic heterocycles. The summed E-state index contributed by atoms with van der Waals surface area (Å²) in [5.74, 6) is -1.78. The second kappa shape index (κ2) is 15.4. The number of aromatic nitrogens is 3. The normalized spacial score (nSPS) is 36.9. The minimum atomic E-state index is -1.59. The third kappa shape index (κ3) is 6.56. The molecule has 66 heavy (non-hydrogen) atoms. The van der Waals surface area contributed by atoms with E-state index >= 15 is 4.79 Å². The summed E-state index contributed by atoms with van der Waals surface area (Å²) in [6, 6.07) is -0.572. The highest BCUT2D eigenvalue weighted by Crippen LogP contribution is 2.73. The molecule has 3 aliphatic carbocycles. The Hall–Kier alpha value is -4.71. The van der Waals surface area contributed by atoms with Crippen LogP contribution in [0.3, 0.4) is 0 Å². The lowest BCUT2D eigenvalue weighted by molar-refractivity contribution is -0.373. The van der Waals surface area contributed by atoms with E-state index in [9.17, 15) is 15.0 Å². The van der Waals surface area contributed by atoms with Gasteiger partial charge in [-0.2, -0.15) is 10.1 Å². The molecule has 1 aromatic carbocycles. The van der Waals surface area contributed by atoms with Gasteiger partial charge in [0.1, 0.15) is 53.6 Å². The average Bonchev–Trinajstić information content (AvgIpc) is 3.78. The lowest BCUT2D eigenvalue weighted by atomic mass is 9.44. The first-order valence-electron chi connectivity index (χ1n) is 23.2. The molecule has 354 valence electrons. The Morgan fingerprint density at radius 1 is 1.00 bits per heavy atom. The van der Waals surface area contributed by atoms with Crippen LogP contribution in [-0.2, 0) is 39.7 Å². The maximum atomic E-state index is 15.6. The number of ketones is 1. The summed E-state index contributed by atoms with van der Waals surface area (Å²) >= 11 is 0. The molecule has 4 bridgehead atoms. The molecule has 11 rings (SSSR count). The van der Waals surface area contributed by atoms with Gasteiger partial charge in [-0.1, -0.05) is 29.4 Å². The number of hydrogen-bond acceptors (Lipinski definition) is 15.